The number of methoxy groups -OCH3 is 1. The Hall–Kier alpha value is -3.17. The summed E-state index contributed by atoms with van der Waals surface area (Å²) in [5, 5.41) is 14.8. The predicted octanol–water partition coefficient (Wildman–Crippen LogP) is 3.67. The molecule has 9 nitrogen and oxygen atoms in total. The number of nitro groups is 1. The van der Waals surface area contributed by atoms with Crippen molar-refractivity contribution in [2.45, 2.75) is 13.3 Å². The van der Waals surface area contributed by atoms with E-state index >= 15 is 0 Å². The fraction of sp³-hybridized carbons (Fsp3) is 0.435. The molecule has 0 spiro atoms. The van der Waals surface area contributed by atoms with E-state index in [-0.39, 0.29) is 24.5 Å². The van der Waals surface area contributed by atoms with E-state index < -0.39 is 10.9 Å². The van der Waals surface area contributed by atoms with E-state index in [1.807, 2.05) is 18.2 Å². The van der Waals surface area contributed by atoms with E-state index in [1.165, 1.54) is 25.3 Å². The molecular weight excluding hydrogens is 412 g/mol. The molecule has 1 aliphatic heterocycles. The number of likely N-dealkylation sites (N-methyl/N-ethyl adjacent to an activating group) is 1. The van der Waals surface area contributed by atoms with E-state index in [4.69, 9.17) is 9.47 Å². The van der Waals surface area contributed by atoms with Crippen LogP contribution in [0.25, 0.3) is 0 Å². The molecule has 0 unspecified atom stereocenters. The summed E-state index contributed by atoms with van der Waals surface area (Å²) in [4.78, 5) is 28.0. The smallest absolute Gasteiger partial charge is 0.338 e. The lowest BCUT2D eigenvalue weighted by molar-refractivity contribution is -0.383. The molecule has 32 heavy (non-hydrogen) atoms. The van der Waals surface area contributed by atoms with Crippen molar-refractivity contribution in [3.63, 3.8) is 0 Å². The van der Waals surface area contributed by atoms with Crippen molar-refractivity contribution in [2.75, 3.05) is 63.3 Å². The lowest BCUT2D eigenvalue weighted by Gasteiger charge is -2.24. The molecule has 3 rings (SSSR count). The van der Waals surface area contributed by atoms with Crippen LogP contribution in [0.5, 0.6) is 0 Å². The monoisotopic (exact) mass is 442 g/mol. The van der Waals surface area contributed by atoms with E-state index in [1.54, 1.807) is 0 Å². The Morgan fingerprint density at radius 3 is 2.72 bits per heavy atom. The first-order chi connectivity index (χ1) is 15.5. The van der Waals surface area contributed by atoms with Gasteiger partial charge < -0.3 is 24.6 Å². The Morgan fingerprint density at radius 2 is 1.97 bits per heavy atom. The zero-order valence-corrected chi connectivity index (χ0v) is 18.6. The van der Waals surface area contributed by atoms with Crippen LogP contribution < -0.4 is 10.2 Å². The first-order valence-electron chi connectivity index (χ1n) is 10.8. The van der Waals surface area contributed by atoms with Gasteiger partial charge in [-0.05, 0) is 49.8 Å². The highest BCUT2D eigenvalue weighted by atomic mass is 16.6. The second-order valence-corrected chi connectivity index (χ2v) is 7.57. The number of benzene rings is 2. The van der Waals surface area contributed by atoms with Gasteiger partial charge in [0, 0.05) is 44.2 Å². The fourth-order valence-electron chi connectivity index (χ4n) is 3.70. The largest absolute Gasteiger partial charge is 0.460 e. The quantitative estimate of drug-likeness (QED) is 0.272. The molecule has 1 aliphatic rings. The van der Waals surface area contributed by atoms with Gasteiger partial charge in [-0.25, -0.2) is 4.79 Å². The molecule has 0 aromatic heterocycles. The maximum atomic E-state index is 12.1. The molecule has 0 bridgehead atoms. The average Bonchev–Trinajstić information content (AvgIpc) is 3.05. The molecule has 0 saturated carbocycles. The third-order valence-corrected chi connectivity index (χ3v) is 5.48. The van der Waals surface area contributed by atoms with Crippen molar-refractivity contribution in [1.29, 1.82) is 0 Å². The van der Waals surface area contributed by atoms with Gasteiger partial charge in [0.1, 0.15) is 12.3 Å². The molecule has 0 atom stereocenters. The second kappa shape index (κ2) is 11.4. The van der Waals surface area contributed by atoms with Crippen molar-refractivity contribution in [3.05, 3.63) is 58.1 Å². The van der Waals surface area contributed by atoms with Crippen LogP contribution in [-0.2, 0) is 9.47 Å². The van der Waals surface area contributed by atoms with E-state index in [2.05, 4.69) is 28.1 Å². The lowest BCUT2D eigenvalue weighted by Crippen LogP contribution is -2.30. The maximum absolute atomic E-state index is 12.1. The van der Waals surface area contributed by atoms with Gasteiger partial charge in [0.15, 0.2) is 0 Å². The maximum Gasteiger partial charge on any atom is 0.338 e. The van der Waals surface area contributed by atoms with Crippen molar-refractivity contribution in [1.82, 2.24) is 4.90 Å². The highest BCUT2D eigenvalue weighted by Gasteiger charge is 2.19. The summed E-state index contributed by atoms with van der Waals surface area (Å²) < 4.78 is 9.90. The Balaban J connectivity index is 1.76. The fourth-order valence-corrected chi connectivity index (χ4v) is 3.70. The number of rotatable bonds is 9. The van der Waals surface area contributed by atoms with Crippen molar-refractivity contribution >= 4 is 28.7 Å². The van der Waals surface area contributed by atoms with Crippen LogP contribution >= 0.6 is 0 Å². The van der Waals surface area contributed by atoms with Gasteiger partial charge in [0.25, 0.3) is 5.69 Å². The number of ether oxygens (including phenoxy) is 2. The first-order valence-corrected chi connectivity index (χ1v) is 10.8. The standard InChI is InChI=1S/C23H30N4O5/c1-3-25-10-5-11-26(13-12-25)20-7-4-6-19(17-20)24-21-9-8-18(16-22(21)27(29)30)23(28)32-15-14-31-2/h4,6-9,16-17,24H,3,5,10-15H2,1-2H3. The van der Waals surface area contributed by atoms with E-state index in [9.17, 15) is 14.9 Å². The molecule has 172 valence electrons. The van der Waals surface area contributed by atoms with Crippen LogP contribution in [0.2, 0.25) is 0 Å². The Morgan fingerprint density at radius 1 is 1.12 bits per heavy atom. The third kappa shape index (κ3) is 6.18. The second-order valence-electron chi connectivity index (χ2n) is 7.57. The summed E-state index contributed by atoms with van der Waals surface area (Å²) in [5.41, 5.74) is 2.07. The summed E-state index contributed by atoms with van der Waals surface area (Å²) in [7, 11) is 1.50. The summed E-state index contributed by atoms with van der Waals surface area (Å²) in [6.07, 6.45) is 1.10. The number of hydrogen-bond acceptors (Lipinski definition) is 8. The zero-order chi connectivity index (χ0) is 22.9. The highest BCUT2D eigenvalue weighted by Crippen LogP contribution is 2.30. The molecule has 1 fully saturated rings. The predicted molar refractivity (Wildman–Crippen MR) is 124 cm³/mol. The molecular formula is C23H30N4O5. The summed E-state index contributed by atoms with van der Waals surface area (Å²) in [6, 6.07) is 12.1. The Kier molecular flexibility index (Phi) is 8.41. The summed E-state index contributed by atoms with van der Waals surface area (Å²) >= 11 is 0. The normalized spacial score (nSPS) is 14.6. The summed E-state index contributed by atoms with van der Waals surface area (Å²) in [6.45, 7) is 7.60. The summed E-state index contributed by atoms with van der Waals surface area (Å²) in [5.74, 6) is -0.624. The minimum atomic E-state index is -0.624. The average molecular weight is 443 g/mol. The van der Waals surface area contributed by atoms with Crippen LogP contribution in [0.15, 0.2) is 42.5 Å². The number of nitrogens with zero attached hydrogens (tertiary/aromatic N) is 3. The molecule has 2 aromatic carbocycles. The third-order valence-electron chi connectivity index (χ3n) is 5.48. The number of anilines is 3. The number of carbonyl (C=O) groups excluding carboxylic acids is 1. The Bertz CT molecular complexity index is 936. The van der Waals surface area contributed by atoms with Crippen LogP contribution in [-0.4, -0.2) is 68.8 Å². The Labute approximate surface area is 188 Å². The SMILES string of the molecule is CCN1CCCN(c2cccc(Nc3ccc(C(=O)OCCOC)cc3[N+](=O)[O-])c2)CC1. The molecule has 0 amide bonds. The highest BCUT2D eigenvalue weighted by molar-refractivity contribution is 5.91. The number of nitrogens with one attached hydrogen (secondary N) is 1. The molecule has 0 aliphatic carbocycles. The molecule has 2 aromatic rings. The van der Waals surface area contributed by atoms with Crippen molar-refractivity contribution in [2.24, 2.45) is 0 Å². The van der Waals surface area contributed by atoms with Crippen LogP contribution in [0.3, 0.4) is 0 Å². The van der Waals surface area contributed by atoms with E-state index in [0.717, 1.165) is 50.5 Å². The van der Waals surface area contributed by atoms with Gasteiger partial charge in [-0.1, -0.05) is 13.0 Å². The number of hydrogen-bond donors (Lipinski definition) is 1. The molecule has 1 saturated heterocycles. The van der Waals surface area contributed by atoms with Gasteiger partial charge >= 0.3 is 5.97 Å². The van der Waals surface area contributed by atoms with Crippen LogP contribution in [0.4, 0.5) is 22.7 Å². The van der Waals surface area contributed by atoms with E-state index in [0.29, 0.717) is 5.69 Å². The van der Waals surface area contributed by atoms with Crippen molar-refractivity contribution in [3.8, 4) is 0 Å². The lowest BCUT2D eigenvalue weighted by atomic mass is 10.1. The molecule has 9 heteroatoms. The number of nitro benzene ring substituents is 1. The van der Waals surface area contributed by atoms with Crippen LogP contribution in [0.1, 0.15) is 23.7 Å². The zero-order valence-electron chi connectivity index (χ0n) is 18.6. The molecule has 1 heterocycles. The van der Waals surface area contributed by atoms with Crippen LogP contribution in [0, 0.1) is 10.1 Å². The van der Waals surface area contributed by atoms with Gasteiger partial charge in [-0.15, -0.1) is 0 Å². The topological polar surface area (TPSA) is 97.2 Å². The minimum absolute atomic E-state index is 0.0858. The molecule has 0 radical (unpaired) electrons. The van der Waals surface area contributed by atoms with Gasteiger partial charge in [-0.3, -0.25) is 10.1 Å². The van der Waals surface area contributed by atoms with Gasteiger partial charge in [0.05, 0.1) is 17.1 Å². The number of esters is 1. The van der Waals surface area contributed by atoms with Gasteiger partial charge in [-0.2, -0.15) is 0 Å². The number of carbonyl (C=O) groups is 1. The molecule has 1 N–H and O–H groups in total. The van der Waals surface area contributed by atoms with Gasteiger partial charge in [0.2, 0.25) is 0 Å². The minimum Gasteiger partial charge on any atom is -0.460 e. The van der Waals surface area contributed by atoms with Crippen molar-refractivity contribution < 1.29 is 19.2 Å². The first kappa shape index (κ1) is 23.5.